The van der Waals surface area contributed by atoms with Crippen LogP contribution < -0.4 is 10.3 Å². The van der Waals surface area contributed by atoms with Crippen molar-refractivity contribution in [1.82, 2.24) is 9.66 Å². The van der Waals surface area contributed by atoms with Crippen LogP contribution in [0.15, 0.2) is 81.0 Å². The SMILES string of the molecule is COc1cc(C)c(C=Nn2c(-c3cc4ccccc4o3)nc3ccccc3c2=O)cc1C(C)C. The van der Waals surface area contributed by atoms with Crippen molar-refractivity contribution in [3.05, 3.63) is 93.8 Å². The zero-order valence-electron chi connectivity index (χ0n) is 19.6. The Morgan fingerprint density at radius 1 is 1.06 bits per heavy atom. The Morgan fingerprint density at radius 2 is 1.82 bits per heavy atom. The number of methoxy groups -OCH3 is 1. The van der Waals surface area contributed by atoms with E-state index >= 15 is 0 Å². The van der Waals surface area contributed by atoms with Gasteiger partial charge in [0.05, 0.1) is 24.2 Å². The summed E-state index contributed by atoms with van der Waals surface area (Å²) >= 11 is 0. The number of nitrogens with zero attached hydrogens (tertiary/aromatic N) is 3. The molecule has 0 aliphatic carbocycles. The smallest absolute Gasteiger partial charge is 0.282 e. The summed E-state index contributed by atoms with van der Waals surface area (Å²) in [5.74, 6) is 1.96. The topological polar surface area (TPSA) is 69.6 Å². The van der Waals surface area contributed by atoms with Gasteiger partial charge in [0.2, 0.25) is 5.82 Å². The van der Waals surface area contributed by atoms with E-state index in [0.717, 1.165) is 33.4 Å². The van der Waals surface area contributed by atoms with Gasteiger partial charge in [0, 0.05) is 5.39 Å². The summed E-state index contributed by atoms with van der Waals surface area (Å²) in [5.41, 5.74) is 4.04. The molecule has 0 aliphatic rings. The molecule has 3 aromatic carbocycles. The lowest BCUT2D eigenvalue weighted by Crippen LogP contribution is -2.20. The van der Waals surface area contributed by atoms with Gasteiger partial charge in [0.25, 0.3) is 5.56 Å². The molecule has 0 bridgehead atoms. The highest BCUT2D eigenvalue weighted by atomic mass is 16.5. The van der Waals surface area contributed by atoms with Crippen molar-refractivity contribution in [3.8, 4) is 17.3 Å². The normalized spacial score (nSPS) is 11.8. The molecular formula is C28H25N3O3. The van der Waals surface area contributed by atoms with Gasteiger partial charge in [0.15, 0.2) is 5.76 Å². The van der Waals surface area contributed by atoms with E-state index in [9.17, 15) is 4.79 Å². The highest BCUT2D eigenvalue weighted by molar-refractivity contribution is 5.85. The van der Waals surface area contributed by atoms with Crippen molar-refractivity contribution in [2.75, 3.05) is 7.11 Å². The first-order chi connectivity index (χ1) is 16.5. The largest absolute Gasteiger partial charge is 0.496 e. The molecule has 0 atom stereocenters. The standard InChI is InChI=1S/C28H25N3O3/c1-17(2)22-14-20(18(3)13-25(22)33-4)16-29-31-27(26-15-19-9-5-8-12-24(19)34-26)30-23-11-7-6-10-21(23)28(31)32/h5-17H,1-4H3. The van der Waals surface area contributed by atoms with Crippen LogP contribution in [0.4, 0.5) is 0 Å². The Labute approximate surface area is 197 Å². The first kappa shape index (κ1) is 21.6. The first-order valence-corrected chi connectivity index (χ1v) is 11.2. The van der Waals surface area contributed by atoms with Crippen molar-refractivity contribution in [3.63, 3.8) is 0 Å². The van der Waals surface area contributed by atoms with E-state index in [1.165, 1.54) is 4.68 Å². The maximum Gasteiger partial charge on any atom is 0.282 e. The summed E-state index contributed by atoms with van der Waals surface area (Å²) in [7, 11) is 1.67. The number of aryl methyl sites for hydroxylation is 1. The molecule has 0 saturated heterocycles. The average molecular weight is 452 g/mol. The third-order valence-corrected chi connectivity index (χ3v) is 5.95. The third-order valence-electron chi connectivity index (χ3n) is 5.95. The number of benzene rings is 3. The molecule has 170 valence electrons. The average Bonchev–Trinajstić information content (AvgIpc) is 3.28. The molecule has 6 heteroatoms. The molecule has 6 nitrogen and oxygen atoms in total. The highest BCUT2D eigenvalue weighted by Crippen LogP contribution is 2.30. The molecule has 5 aromatic rings. The number of aromatic nitrogens is 2. The summed E-state index contributed by atoms with van der Waals surface area (Å²) in [6.07, 6.45) is 1.70. The maximum atomic E-state index is 13.5. The fraction of sp³-hybridized carbons (Fsp3) is 0.179. The van der Waals surface area contributed by atoms with Crippen LogP contribution in [0.25, 0.3) is 33.5 Å². The van der Waals surface area contributed by atoms with Crippen LogP contribution in [0.3, 0.4) is 0 Å². The third kappa shape index (κ3) is 3.77. The summed E-state index contributed by atoms with van der Waals surface area (Å²) in [4.78, 5) is 18.2. The molecule has 0 unspecified atom stereocenters. The van der Waals surface area contributed by atoms with Crippen molar-refractivity contribution < 1.29 is 9.15 Å². The van der Waals surface area contributed by atoms with Crippen LogP contribution in [0.2, 0.25) is 0 Å². The second-order valence-corrected chi connectivity index (χ2v) is 8.57. The van der Waals surface area contributed by atoms with Crippen LogP contribution in [0, 0.1) is 6.92 Å². The Kier molecular flexibility index (Phi) is 5.49. The maximum absolute atomic E-state index is 13.5. The predicted octanol–water partition coefficient (Wildman–Crippen LogP) is 6.13. The minimum absolute atomic E-state index is 0.257. The Hall–Kier alpha value is -4.19. The van der Waals surface area contributed by atoms with Gasteiger partial charge < -0.3 is 9.15 Å². The van der Waals surface area contributed by atoms with Gasteiger partial charge in [-0.05, 0) is 65.9 Å². The zero-order valence-corrected chi connectivity index (χ0v) is 19.6. The molecule has 0 saturated carbocycles. The minimum atomic E-state index is -0.257. The molecule has 2 heterocycles. The molecule has 0 aliphatic heterocycles. The number of hydrogen-bond acceptors (Lipinski definition) is 5. The van der Waals surface area contributed by atoms with Crippen molar-refractivity contribution in [2.45, 2.75) is 26.7 Å². The van der Waals surface area contributed by atoms with Gasteiger partial charge in [-0.2, -0.15) is 9.78 Å². The van der Waals surface area contributed by atoms with E-state index in [1.807, 2.05) is 61.5 Å². The molecule has 0 amide bonds. The number of ether oxygens (including phenoxy) is 1. The van der Waals surface area contributed by atoms with E-state index in [1.54, 1.807) is 19.4 Å². The molecule has 34 heavy (non-hydrogen) atoms. The first-order valence-electron chi connectivity index (χ1n) is 11.2. The lowest BCUT2D eigenvalue weighted by atomic mass is 9.97. The fourth-order valence-corrected chi connectivity index (χ4v) is 4.09. The van der Waals surface area contributed by atoms with Crippen LogP contribution in [0.1, 0.15) is 36.5 Å². The van der Waals surface area contributed by atoms with Crippen LogP contribution in [0.5, 0.6) is 5.75 Å². The summed E-state index contributed by atoms with van der Waals surface area (Å²) in [6, 6.07) is 20.9. The molecular weight excluding hydrogens is 426 g/mol. The number of rotatable bonds is 5. The van der Waals surface area contributed by atoms with Crippen molar-refractivity contribution >= 4 is 28.1 Å². The van der Waals surface area contributed by atoms with Gasteiger partial charge in [-0.3, -0.25) is 4.79 Å². The second-order valence-electron chi connectivity index (χ2n) is 8.57. The predicted molar refractivity (Wildman–Crippen MR) is 136 cm³/mol. The Bertz CT molecular complexity index is 1580. The molecule has 0 radical (unpaired) electrons. The Morgan fingerprint density at radius 3 is 2.59 bits per heavy atom. The Balaban J connectivity index is 1.71. The highest BCUT2D eigenvalue weighted by Gasteiger charge is 2.17. The van der Waals surface area contributed by atoms with E-state index in [0.29, 0.717) is 22.5 Å². The van der Waals surface area contributed by atoms with Crippen LogP contribution in [-0.4, -0.2) is 23.0 Å². The van der Waals surface area contributed by atoms with E-state index in [2.05, 4.69) is 25.0 Å². The fourth-order valence-electron chi connectivity index (χ4n) is 4.09. The molecule has 0 N–H and O–H groups in total. The van der Waals surface area contributed by atoms with Crippen molar-refractivity contribution in [1.29, 1.82) is 0 Å². The minimum Gasteiger partial charge on any atom is -0.496 e. The number of para-hydroxylation sites is 2. The lowest BCUT2D eigenvalue weighted by Gasteiger charge is -2.14. The molecule has 0 spiro atoms. The monoisotopic (exact) mass is 451 g/mol. The quantitative estimate of drug-likeness (QED) is 0.301. The molecule has 0 fully saturated rings. The second kappa shape index (κ2) is 8.63. The van der Waals surface area contributed by atoms with E-state index < -0.39 is 0 Å². The van der Waals surface area contributed by atoms with Crippen LogP contribution >= 0.6 is 0 Å². The van der Waals surface area contributed by atoms with Gasteiger partial charge in [0.1, 0.15) is 11.3 Å². The number of furan rings is 1. The van der Waals surface area contributed by atoms with Gasteiger partial charge in [-0.15, -0.1) is 0 Å². The summed E-state index contributed by atoms with van der Waals surface area (Å²) in [6.45, 7) is 6.23. The van der Waals surface area contributed by atoms with E-state index in [-0.39, 0.29) is 11.5 Å². The lowest BCUT2D eigenvalue weighted by molar-refractivity contribution is 0.407. The summed E-state index contributed by atoms with van der Waals surface area (Å²) in [5, 5.41) is 6.03. The number of fused-ring (bicyclic) bond motifs is 2. The van der Waals surface area contributed by atoms with Crippen molar-refractivity contribution in [2.24, 2.45) is 5.10 Å². The molecule has 2 aromatic heterocycles. The van der Waals surface area contributed by atoms with Gasteiger partial charge in [-0.25, -0.2) is 4.98 Å². The summed E-state index contributed by atoms with van der Waals surface area (Å²) < 4.78 is 12.9. The van der Waals surface area contributed by atoms with E-state index in [4.69, 9.17) is 14.1 Å². The number of hydrogen-bond donors (Lipinski definition) is 0. The van der Waals surface area contributed by atoms with Gasteiger partial charge in [-0.1, -0.05) is 44.2 Å². The van der Waals surface area contributed by atoms with Gasteiger partial charge >= 0.3 is 0 Å². The van der Waals surface area contributed by atoms with Crippen LogP contribution in [-0.2, 0) is 0 Å². The zero-order chi connectivity index (χ0) is 23.8. The molecule has 5 rings (SSSR count).